The van der Waals surface area contributed by atoms with E-state index in [0.717, 1.165) is 0 Å². The van der Waals surface area contributed by atoms with Crippen LogP contribution in [0.1, 0.15) is 6.92 Å². The number of hydrogen-bond donors (Lipinski definition) is 1. The summed E-state index contributed by atoms with van der Waals surface area (Å²) < 4.78 is 31.7. The van der Waals surface area contributed by atoms with Gasteiger partial charge < -0.3 is 10.1 Å². The second-order valence-corrected chi connectivity index (χ2v) is 7.04. The van der Waals surface area contributed by atoms with E-state index >= 15 is 0 Å². The fourth-order valence-corrected chi connectivity index (χ4v) is 4.80. The van der Waals surface area contributed by atoms with Gasteiger partial charge in [0.15, 0.2) is 4.21 Å². The van der Waals surface area contributed by atoms with Crippen LogP contribution < -0.4 is 10.1 Å². The Morgan fingerprint density at radius 1 is 1.59 bits per heavy atom. The van der Waals surface area contributed by atoms with Gasteiger partial charge in [0.2, 0.25) is 0 Å². The van der Waals surface area contributed by atoms with Gasteiger partial charge in [-0.3, -0.25) is 0 Å². The van der Waals surface area contributed by atoms with Gasteiger partial charge in [-0.05, 0) is 18.4 Å². The molecule has 1 aromatic rings. The minimum atomic E-state index is -3.41. The lowest BCUT2D eigenvalue weighted by Gasteiger charge is -2.30. The van der Waals surface area contributed by atoms with E-state index < -0.39 is 10.0 Å². The van der Waals surface area contributed by atoms with Crippen molar-refractivity contribution in [2.45, 2.75) is 17.2 Å². The predicted molar refractivity (Wildman–Crippen MR) is 67.1 cm³/mol. The maximum absolute atomic E-state index is 12.4. The molecule has 96 valence electrons. The van der Waals surface area contributed by atoms with E-state index in [1.807, 2.05) is 6.92 Å². The van der Waals surface area contributed by atoms with E-state index in [-0.39, 0.29) is 6.04 Å². The zero-order valence-corrected chi connectivity index (χ0v) is 11.5. The number of nitrogens with zero attached hydrogens (tertiary/aromatic N) is 1. The summed E-state index contributed by atoms with van der Waals surface area (Å²) in [5.41, 5.74) is 0. The first-order valence-electron chi connectivity index (χ1n) is 5.40. The highest BCUT2D eigenvalue weighted by atomic mass is 32.2. The summed E-state index contributed by atoms with van der Waals surface area (Å²) in [4.78, 5) is 0. The molecule has 0 radical (unpaired) electrons. The molecular weight excluding hydrogens is 260 g/mol. The lowest BCUT2D eigenvalue weighted by Crippen LogP contribution is -2.51. The second-order valence-electron chi connectivity index (χ2n) is 3.99. The van der Waals surface area contributed by atoms with Gasteiger partial charge in [0.1, 0.15) is 5.75 Å². The number of rotatable bonds is 3. The lowest BCUT2D eigenvalue weighted by atomic mass is 10.3. The van der Waals surface area contributed by atoms with Gasteiger partial charge in [-0.25, -0.2) is 8.42 Å². The normalized spacial score (nSPS) is 22.6. The van der Waals surface area contributed by atoms with Crippen molar-refractivity contribution in [1.29, 1.82) is 0 Å². The largest absolute Gasteiger partial charge is 0.494 e. The zero-order valence-electron chi connectivity index (χ0n) is 9.84. The van der Waals surface area contributed by atoms with Gasteiger partial charge in [0, 0.05) is 25.7 Å². The van der Waals surface area contributed by atoms with Crippen LogP contribution in [0.2, 0.25) is 0 Å². The third-order valence-electron chi connectivity index (χ3n) is 2.72. The van der Waals surface area contributed by atoms with Crippen molar-refractivity contribution in [2.24, 2.45) is 0 Å². The third kappa shape index (κ3) is 2.47. The highest BCUT2D eigenvalue weighted by Gasteiger charge is 2.31. The minimum absolute atomic E-state index is 0.185. The van der Waals surface area contributed by atoms with E-state index in [2.05, 4.69) is 5.32 Å². The Bertz CT molecular complexity index is 483. The first-order valence-corrected chi connectivity index (χ1v) is 7.72. The minimum Gasteiger partial charge on any atom is -0.494 e. The van der Waals surface area contributed by atoms with Crippen molar-refractivity contribution >= 4 is 21.4 Å². The van der Waals surface area contributed by atoms with Crippen LogP contribution in [-0.4, -0.2) is 45.5 Å². The molecule has 5 nitrogen and oxygen atoms in total. The number of hydrogen-bond acceptors (Lipinski definition) is 5. The summed E-state index contributed by atoms with van der Waals surface area (Å²) in [7, 11) is -1.92. The van der Waals surface area contributed by atoms with E-state index in [9.17, 15) is 8.42 Å². The maximum Gasteiger partial charge on any atom is 0.256 e. The molecule has 1 atom stereocenters. The van der Waals surface area contributed by atoms with E-state index in [0.29, 0.717) is 29.6 Å². The monoisotopic (exact) mass is 276 g/mol. The van der Waals surface area contributed by atoms with Crippen LogP contribution in [-0.2, 0) is 10.0 Å². The molecule has 1 aromatic heterocycles. The summed E-state index contributed by atoms with van der Waals surface area (Å²) in [5.74, 6) is 0.432. The van der Waals surface area contributed by atoms with Gasteiger partial charge in [-0.2, -0.15) is 4.31 Å². The van der Waals surface area contributed by atoms with Crippen LogP contribution in [0.25, 0.3) is 0 Å². The van der Waals surface area contributed by atoms with Crippen molar-refractivity contribution in [2.75, 3.05) is 26.7 Å². The van der Waals surface area contributed by atoms with Crippen LogP contribution >= 0.6 is 11.3 Å². The average Bonchev–Trinajstić information content (AvgIpc) is 2.77. The number of piperazine rings is 1. The Morgan fingerprint density at radius 3 is 3.00 bits per heavy atom. The first kappa shape index (κ1) is 12.8. The summed E-state index contributed by atoms with van der Waals surface area (Å²) in [6.45, 7) is 3.68. The number of nitrogens with one attached hydrogen (secondary N) is 1. The van der Waals surface area contributed by atoms with Crippen molar-refractivity contribution in [3.8, 4) is 5.75 Å². The van der Waals surface area contributed by atoms with E-state index in [4.69, 9.17) is 4.74 Å². The predicted octanol–water partition coefficient (Wildman–Crippen LogP) is 0.739. The Kier molecular flexibility index (Phi) is 3.72. The molecule has 2 rings (SSSR count). The van der Waals surface area contributed by atoms with Gasteiger partial charge in [-0.1, -0.05) is 0 Å². The zero-order chi connectivity index (χ0) is 12.5. The standard InChI is InChI=1S/C10H16N2O3S2/c1-8-7-12(5-4-11-8)17(13,14)10-9(15-2)3-6-16-10/h3,6,8,11H,4-5,7H2,1-2H3/t8-/m0/s1. The molecule has 7 heteroatoms. The molecule has 1 aliphatic rings. The van der Waals surface area contributed by atoms with Crippen molar-refractivity contribution in [3.63, 3.8) is 0 Å². The van der Waals surface area contributed by atoms with Crippen LogP contribution in [0.15, 0.2) is 15.7 Å². The Balaban J connectivity index is 2.30. The molecule has 2 heterocycles. The molecule has 0 aromatic carbocycles. The molecule has 0 aliphatic carbocycles. The molecule has 0 spiro atoms. The van der Waals surface area contributed by atoms with Crippen LogP contribution in [0.4, 0.5) is 0 Å². The Morgan fingerprint density at radius 2 is 2.35 bits per heavy atom. The average molecular weight is 276 g/mol. The van der Waals surface area contributed by atoms with Gasteiger partial charge in [0.05, 0.1) is 7.11 Å². The van der Waals surface area contributed by atoms with Crippen molar-refractivity contribution < 1.29 is 13.2 Å². The molecule has 0 bridgehead atoms. The molecule has 1 fully saturated rings. The lowest BCUT2D eigenvalue weighted by molar-refractivity contribution is 0.309. The quantitative estimate of drug-likeness (QED) is 0.884. The maximum atomic E-state index is 12.4. The van der Waals surface area contributed by atoms with E-state index in [1.165, 1.54) is 22.8 Å². The van der Waals surface area contributed by atoms with E-state index in [1.54, 1.807) is 11.4 Å². The SMILES string of the molecule is COc1ccsc1S(=O)(=O)N1CCN[C@@H](C)C1. The highest BCUT2D eigenvalue weighted by molar-refractivity contribution is 7.91. The molecule has 0 saturated carbocycles. The summed E-state index contributed by atoms with van der Waals surface area (Å²) in [5, 5.41) is 4.96. The molecule has 1 aliphatic heterocycles. The van der Waals surface area contributed by atoms with Crippen LogP contribution in [0, 0.1) is 0 Å². The topological polar surface area (TPSA) is 58.6 Å². The van der Waals surface area contributed by atoms with Crippen molar-refractivity contribution in [3.05, 3.63) is 11.4 Å². The van der Waals surface area contributed by atoms with Gasteiger partial charge in [0.25, 0.3) is 10.0 Å². The summed E-state index contributed by atoms with van der Waals surface area (Å²) >= 11 is 1.20. The van der Waals surface area contributed by atoms with Crippen LogP contribution in [0.3, 0.4) is 0 Å². The third-order valence-corrected chi connectivity index (χ3v) is 6.01. The fourth-order valence-electron chi connectivity index (χ4n) is 1.86. The fraction of sp³-hybridized carbons (Fsp3) is 0.600. The Labute approximate surface area is 105 Å². The van der Waals surface area contributed by atoms with Crippen molar-refractivity contribution in [1.82, 2.24) is 9.62 Å². The number of ether oxygens (including phenoxy) is 1. The molecule has 0 unspecified atom stereocenters. The smallest absolute Gasteiger partial charge is 0.256 e. The number of sulfonamides is 1. The molecule has 1 saturated heterocycles. The second kappa shape index (κ2) is 4.93. The molecule has 17 heavy (non-hydrogen) atoms. The number of thiophene rings is 1. The Hall–Kier alpha value is -0.630. The van der Waals surface area contributed by atoms with Crippen LogP contribution in [0.5, 0.6) is 5.75 Å². The number of methoxy groups -OCH3 is 1. The van der Waals surface area contributed by atoms with Gasteiger partial charge in [-0.15, -0.1) is 11.3 Å². The summed E-state index contributed by atoms with van der Waals surface area (Å²) in [6, 6.07) is 1.87. The molecular formula is C10H16N2O3S2. The highest BCUT2D eigenvalue weighted by Crippen LogP contribution is 2.32. The molecule has 1 N–H and O–H groups in total. The first-order chi connectivity index (χ1) is 8.05. The molecule has 0 amide bonds. The van der Waals surface area contributed by atoms with Gasteiger partial charge >= 0.3 is 0 Å². The summed E-state index contributed by atoms with van der Waals surface area (Å²) in [6.07, 6.45) is 0.